The van der Waals surface area contributed by atoms with Crippen molar-refractivity contribution in [3.8, 4) is 0 Å². The second-order valence-corrected chi connectivity index (χ2v) is 6.21. The fourth-order valence-electron chi connectivity index (χ4n) is 2.94. The molecule has 0 unspecified atom stereocenters. The van der Waals surface area contributed by atoms with Crippen molar-refractivity contribution in [3.05, 3.63) is 69.6 Å². The number of nitrogens with one attached hydrogen (secondary N) is 1. The van der Waals surface area contributed by atoms with Gasteiger partial charge < -0.3 is 9.88 Å². The van der Waals surface area contributed by atoms with Gasteiger partial charge in [0.2, 0.25) is 5.56 Å². The lowest BCUT2D eigenvalue weighted by Crippen LogP contribution is -2.48. The molecule has 2 heterocycles. The Morgan fingerprint density at radius 1 is 1.08 bits per heavy atom. The zero-order chi connectivity index (χ0) is 18.7. The van der Waals surface area contributed by atoms with Gasteiger partial charge in [0.15, 0.2) is 0 Å². The molecule has 3 rings (SSSR count). The van der Waals surface area contributed by atoms with Crippen molar-refractivity contribution >= 4 is 5.91 Å². The van der Waals surface area contributed by atoms with Crippen molar-refractivity contribution in [2.45, 2.75) is 12.7 Å². The van der Waals surface area contributed by atoms with E-state index in [0.29, 0.717) is 43.9 Å². The van der Waals surface area contributed by atoms with Crippen LogP contribution < -0.4 is 5.56 Å². The van der Waals surface area contributed by atoms with E-state index in [1.807, 2.05) is 4.90 Å². The fourth-order valence-corrected chi connectivity index (χ4v) is 2.94. The van der Waals surface area contributed by atoms with Crippen LogP contribution in [0.2, 0.25) is 0 Å². The van der Waals surface area contributed by atoms with Gasteiger partial charge in [-0.1, -0.05) is 18.2 Å². The van der Waals surface area contributed by atoms with Crippen molar-refractivity contribution in [1.82, 2.24) is 14.8 Å². The molecule has 26 heavy (non-hydrogen) atoms. The molecule has 0 spiro atoms. The van der Waals surface area contributed by atoms with E-state index in [2.05, 4.69) is 4.98 Å². The topological polar surface area (TPSA) is 56.4 Å². The number of amides is 1. The van der Waals surface area contributed by atoms with Crippen LogP contribution in [0.5, 0.6) is 0 Å². The Kier molecular flexibility index (Phi) is 5.13. The molecular formula is C18H18F3N3O2. The highest BCUT2D eigenvalue weighted by Gasteiger charge is 2.30. The lowest BCUT2D eigenvalue weighted by atomic mass is 10.1. The highest BCUT2D eigenvalue weighted by atomic mass is 19.4. The Labute approximate surface area is 148 Å². The second kappa shape index (κ2) is 7.33. The van der Waals surface area contributed by atoms with Crippen LogP contribution in [-0.2, 0) is 12.7 Å². The zero-order valence-electron chi connectivity index (χ0n) is 13.9. The summed E-state index contributed by atoms with van der Waals surface area (Å²) in [5, 5.41) is 0. The van der Waals surface area contributed by atoms with Crippen molar-refractivity contribution in [2.75, 3.05) is 26.2 Å². The van der Waals surface area contributed by atoms with Gasteiger partial charge in [-0.2, -0.15) is 13.2 Å². The predicted molar refractivity (Wildman–Crippen MR) is 89.7 cm³/mol. The Morgan fingerprint density at radius 3 is 2.42 bits per heavy atom. The lowest BCUT2D eigenvalue weighted by Gasteiger charge is -2.34. The number of benzene rings is 1. The minimum absolute atomic E-state index is 0.167. The average Bonchev–Trinajstić information content (AvgIpc) is 2.62. The van der Waals surface area contributed by atoms with Crippen molar-refractivity contribution in [1.29, 1.82) is 0 Å². The molecule has 1 aliphatic rings. The van der Waals surface area contributed by atoms with Crippen LogP contribution in [0.4, 0.5) is 13.2 Å². The quantitative estimate of drug-likeness (QED) is 0.909. The van der Waals surface area contributed by atoms with E-state index in [0.717, 1.165) is 12.1 Å². The van der Waals surface area contributed by atoms with Gasteiger partial charge in [0.05, 0.1) is 11.1 Å². The molecule has 138 valence electrons. The Bertz CT molecular complexity index is 820. The van der Waals surface area contributed by atoms with Crippen LogP contribution >= 0.6 is 0 Å². The molecule has 1 aromatic heterocycles. The number of alkyl halides is 3. The molecule has 2 aromatic rings. The number of hydrogen-bond acceptors (Lipinski definition) is 3. The minimum Gasteiger partial charge on any atom is -0.336 e. The number of rotatable bonds is 3. The molecule has 0 atom stereocenters. The first-order chi connectivity index (χ1) is 12.3. The first-order valence-electron chi connectivity index (χ1n) is 8.19. The number of hydrogen-bond donors (Lipinski definition) is 1. The normalized spacial score (nSPS) is 15.9. The summed E-state index contributed by atoms with van der Waals surface area (Å²) < 4.78 is 38.4. The monoisotopic (exact) mass is 365 g/mol. The maximum absolute atomic E-state index is 12.8. The molecule has 5 nitrogen and oxygen atoms in total. The summed E-state index contributed by atoms with van der Waals surface area (Å²) in [6.45, 7) is 2.52. The maximum Gasteiger partial charge on any atom is 0.416 e. The largest absolute Gasteiger partial charge is 0.416 e. The van der Waals surface area contributed by atoms with Gasteiger partial charge in [-0.25, -0.2) is 0 Å². The zero-order valence-corrected chi connectivity index (χ0v) is 13.9. The minimum atomic E-state index is -4.35. The Balaban J connectivity index is 1.58. The number of nitrogens with zero attached hydrogens (tertiary/aromatic N) is 2. The molecule has 1 amide bonds. The summed E-state index contributed by atoms with van der Waals surface area (Å²) in [6, 6.07) is 8.09. The fraction of sp³-hybridized carbons (Fsp3) is 0.333. The number of H-pyrrole nitrogens is 1. The second-order valence-electron chi connectivity index (χ2n) is 6.21. The van der Waals surface area contributed by atoms with Gasteiger partial charge in [0.25, 0.3) is 5.91 Å². The maximum atomic E-state index is 12.8. The van der Waals surface area contributed by atoms with E-state index in [9.17, 15) is 22.8 Å². The van der Waals surface area contributed by atoms with E-state index in [1.54, 1.807) is 11.0 Å². The SMILES string of the molecule is O=C(c1ccc(=O)[nH]c1)N1CCN(Cc2cccc(C(F)(F)F)c2)CC1. The van der Waals surface area contributed by atoms with Crippen LogP contribution in [0.3, 0.4) is 0 Å². The van der Waals surface area contributed by atoms with Crippen LogP contribution in [0.15, 0.2) is 47.4 Å². The van der Waals surface area contributed by atoms with Crippen LogP contribution in [0.1, 0.15) is 21.5 Å². The standard InChI is InChI=1S/C18H18F3N3O2/c19-18(20,21)15-3-1-2-13(10-15)12-23-6-8-24(9-7-23)17(26)14-4-5-16(25)22-11-14/h1-5,10-11H,6-9,12H2,(H,22,25). The summed E-state index contributed by atoms with van der Waals surface area (Å²) in [7, 11) is 0. The molecule has 1 fully saturated rings. The molecular weight excluding hydrogens is 347 g/mol. The van der Waals surface area contributed by atoms with E-state index in [1.165, 1.54) is 24.4 Å². The number of carbonyl (C=O) groups excluding carboxylic acids is 1. The summed E-state index contributed by atoms with van der Waals surface area (Å²) in [5.74, 6) is -0.167. The van der Waals surface area contributed by atoms with Gasteiger partial charge in [0, 0.05) is 45.0 Å². The highest BCUT2D eigenvalue weighted by molar-refractivity contribution is 5.93. The van der Waals surface area contributed by atoms with Crippen molar-refractivity contribution in [3.63, 3.8) is 0 Å². The molecule has 1 N–H and O–H groups in total. The third-order valence-electron chi connectivity index (χ3n) is 4.35. The van der Waals surface area contributed by atoms with Crippen molar-refractivity contribution < 1.29 is 18.0 Å². The third-order valence-corrected chi connectivity index (χ3v) is 4.35. The molecule has 1 aliphatic heterocycles. The molecule has 0 aliphatic carbocycles. The molecule has 0 radical (unpaired) electrons. The Hall–Kier alpha value is -2.61. The van der Waals surface area contributed by atoms with Crippen molar-refractivity contribution in [2.24, 2.45) is 0 Å². The van der Waals surface area contributed by atoms with E-state index >= 15 is 0 Å². The number of aromatic nitrogens is 1. The summed E-state index contributed by atoms with van der Waals surface area (Å²) in [4.78, 5) is 29.6. The summed E-state index contributed by atoms with van der Waals surface area (Å²) >= 11 is 0. The number of carbonyl (C=O) groups is 1. The Morgan fingerprint density at radius 2 is 1.81 bits per heavy atom. The highest BCUT2D eigenvalue weighted by Crippen LogP contribution is 2.29. The van der Waals surface area contributed by atoms with E-state index in [4.69, 9.17) is 0 Å². The summed E-state index contributed by atoms with van der Waals surface area (Å²) in [6.07, 6.45) is -2.96. The van der Waals surface area contributed by atoms with Crippen LogP contribution in [0.25, 0.3) is 0 Å². The predicted octanol–water partition coefficient (Wildman–Crippen LogP) is 2.35. The van der Waals surface area contributed by atoms with E-state index < -0.39 is 11.7 Å². The summed E-state index contributed by atoms with van der Waals surface area (Å²) in [5.41, 5.74) is 0.0884. The molecule has 0 saturated carbocycles. The molecule has 1 aromatic carbocycles. The van der Waals surface area contributed by atoms with E-state index in [-0.39, 0.29) is 11.5 Å². The average molecular weight is 365 g/mol. The molecule has 1 saturated heterocycles. The molecule has 8 heteroatoms. The van der Waals surface area contributed by atoms with Crippen LogP contribution in [0, 0.1) is 0 Å². The number of halogens is 3. The third kappa shape index (κ3) is 4.32. The number of pyridine rings is 1. The van der Waals surface area contributed by atoms with Gasteiger partial charge in [-0.05, 0) is 17.7 Å². The van der Waals surface area contributed by atoms with Gasteiger partial charge in [0.1, 0.15) is 0 Å². The lowest BCUT2D eigenvalue weighted by molar-refractivity contribution is -0.137. The van der Waals surface area contributed by atoms with Gasteiger partial charge >= 0.3 is 6.18 Å². The smallest absolute Gasteiger partial charge is 0.336 e. The van der Waals surface area contributed by atoms with Crippen LogP contribution in [-0.4, -0.2) is 46.9 Å². The number of piperazine rings is 1. The van der Waals surface area contributed by atoms with Gasteiger partial charge in [-0.15, -0.1) is 0 Å². The number of aromatic amines is 1. The first-order valence-corrected chi connectivity index (χ1v) is 8.19. The molecule has 0 bridgehead atoms. The van der Waals surface area contributed by atoms with Gasteiger partial charge in [-0.3, -0.25) is 14.5 Å². The first kappa shape index (κ1) is 18.2.